The van der Waals surface area contributed by atoms with Crippen LogP contribution in [0.3, 0.4) is 0 Å². The second-order valence-electron chi connectivity index (χ2n) is 3.77. The molecular weight excluding hydrogens is 367 g/mol. The molecule has 0 radical (unpaired) electrons. The molecule has 0 amide bonds. The van der Waals surface area contributed by atoms with E-state index in [-0.39, 0.29) is 11.2 Å². The number of halogens is 2. The third kappa shape index (κ3) is 2.67. The van der Waals surface area contributed by atoms with E-state index in [0.29, 0.717) is 8.59 Å². The highest BCUT2D eigenvalue weighted by molar-refractivity contribution is 6.30. The molecule has 4 nitrogen and oxygen atoms in total. The molecule has 2 aromatic rings. The van der Waals surface area contributed by atoms with Gasteiger partial charge in [0.25, 0.3) is 3.57 Å². The van der Waals surface area contributed by atoms with Gasteiger partial charge < -0.3 is 0 Å². The van der Waals surface area contributed by atoms with E-state index in [0.717, 1.165) is 8.14 Å². The van der Waals surface area contributed by atoms with E-state index in [4.69, 9.17) is 11.6 Å². The number of hydrogen-bond acceptors (Lipinski definition) is 2. The van der Waals surface area contributed by atoms with Crippen LogP contribution in [0.15, 0.2) is 40.1 Å². The van der Waals surface area contributed by atoms with E-state index < -0.39 is 21.2 Å². The third-order valence-electron chi connectivity index (χ3n) is 2.42. The first kappa shape index (κ1) is 13.4. The molecular formula is C12H11ClIN2O2+. The fourth-order valence-electron chi connectivity index (χ4n) is 1.44. The van der Waals surface area contributed by atoms with Gasteiger partial charge in [-0.25, -0.2) is 4.79 Å². The number of nitrogens with zero attached hydrogens (tertiary/aromatic N) is 2. The van der Waals surface area contributed by atoms with Gasteiger partial charge in [-0.15, -0.1) is 0 Å². The zero-order chi connectivity index (χ0) is 13.3. The summed E-state index contributed by atoms with van der Waals surface area (Å²) in [6.45, 7) is 0. The lowest BCUT2D eigenvalue weighted by atomic mass is 10.4. The molecule has 94 valence electrons. The van der Waals surface area contributed by atoms with Crippen molar-refractivity contribution in [3.8, 4) is 0 Å². The predicted molar refractivity (Wildman–Crippen MR) is 65.8 cm³/mol. The van der Waals surface area contributed by atoms with Crippen molar-refractivity contribution < 1.29 is 21.2 Å². The van der Waals surface area contributed by atoms with E-state index in [1.54, 1.807) is 13.2 Å². The molecule has 0 aliphatic rings. The van der Waals surface area contributed by atoms with Gasteiger partial charge in [-0.2, -0.15) is 0 Å². The lowest BCUT2D eigenvalue weighted by Crippen LogP contribution is -3.62. The molecule has 1 aromatic carbocycles. The molecule has 0 spiro atoms. The topological polar surface area (TPSA) is 44.0 Å². The summed E-state index contributed by atoms with van der Waals surface area (Å²) in [4.78, 5) is 23.5. The van der Waals surface area contributed by atoms with Crippen LogP contribution >= 0.6 is 11.6 Å². The average Bonchev–Trinajstić information content (AvgIpc) is 2.36. The molecule has 1 heterocycles. The van der Waals surface area contributed by atoms with Crippen LogP contribution < -0.4 is 32.5 Å². The first-order chi connectivity index (χ1) is 8.49. The van der Waals surface area contributed by atoms with E-state index in [9.17, 15) is 9.59 Å². The Morgan fingerprint density at radius 3 is 2.33 bits per heavy atom. The Balaban J connectivity index is 2.44. The Morgan fingerprint density at radius 1 is 1.11 bits per heavy atom. The van der Waals surface area contributed by atoms with Crippen molar-refractivity contribution in [1.29, 1.82) is 0 Å². The fraction of sp³-hybridized carbons (Fsp3) is 0.167. The summed E-state index contributed by atoms with van der Waals surface area (Å²) in [5.41, 5.74) is -0.510. The molecule has 0 saturated heterocycles. The van der Waals surface area contributed by atoms with Crippen molar-refractivity contribution in [3.05, 3.63) is 63.5 Å². The molecule has 0 bridgehead atoms. The maximum absolute atomic E-state index is 12.0. The Kier molecular flexibility index (Phi) is 3.91. The first-order valence-corrected chi connectivity index (χ1v) is 7.69. The third-order valence-corrected chi connectivity index (χ3v) is 5.33. The van der Waals surface area contributed by atoms with Gasteiger partial charge in [-0.05, 0) is 24.3 Å². The van der Waals surface area contributed by atoms with Crippen molar-refractivity contribution in [3.63, 3.8) is 0 Å². The Labute approximate surface area is 119 Å². The Hall–Kier alpha value is -1.08. The minimum absolute atomic E-state index is 0.208. The number of hydrogen-bond donors (Lipinski definition) is 0. The summed E-state index contributed by atoms with van der Waals surface area (Å²) in [6.07, 6.45) is 1.63. The van der Waals surface area contributed by atoms with E-state index in [1.165, 1.54) is 11.6 Å². The molecule has 0 aliphatic heterocycles. The summed E-state index contributed by atoms with van der Waals surface area (Å²) in [5.74, 6) is 0. The highest BCUT2D eigenvalue weighted by Crippen LogP contribution is 2.04. The molecule has 18 heavy (non-hydrogen) atoms. The molecule has 6 heteroatoms. The lowest BCUT2D eigenvalue weighted by molar-refractivity contribution is -0.600. The van der Waals surface area contributed by atoms with Crippen molar-refractivity contribution >= 4 is 11.6 Å². The molecule has 1 aromatic heterocycles. The quantitative estimate of drug-likeness (QED) is 0.561. The number of aromatic nitrogens is 2. The van der Waals surface area contributed by atoms with E-state index in [2.05, 4.69) is 0 Å². The normalized spacial score (nSPS) is 10.6. The van der Waals surface area contributed by atoms with Crippen LogP contribution in [0.5, 0.6) is 0 Å². The summed E-state index contributed by atoms with van der Waals surface area (Å²) in [5, 5.41) is 0.677. The summed E-state index contributed by atoms with van der Waals surface area (Å²) in [6, 6.07) is 7.45. The van der Waals surface area contributed by atoms with Crippen LogP contribution in [-0.2, 0) is 14.1 Å². The van der Waals surface area contributed by atoms with E-state index in [1.807, 2.05) is 24.3 Å². The van der Waals surface area contributed by atoms with Gasteiger partial charge in [-0.3, -0.25) is 13.9 Å². The van der Waals surface area contributed by atoms with Crippen LogP contribution in [0, 0.1) is 7.14 Å². The van der Waals surface area contributed by atoms with Crippen LogP contribution in [-0.4, -0.2) is 9.13 Å². The predicted octanol–water partition coefficient (Wildman–Crippen LogP) is -2.13. The van der Waals surface area contributed by atoms with Gasteiger partial charge in [0.15, 0.2) is 3.57 Å². The molecule has 0 aliphatic carbocycles. The van der Waals surface area contributed by atoms with Gasteiger partial charge in [0, 0.05) is 19.1 Å². The second-order valence-corrected chi connectivity index (χ2v) is 7.15. The lowest BCUT2D eigenvalue weighted by Gasteiger charge is -1.99. The zero-order valence-electron chi connectivity index (χ0n) is 9.85. The second kappa shape index (κ2) is 5.27. The SMILES string of the molecule is Cn1cc([I+]c2ccc(Cl)cc2)c(=O)n(C)c1=O. The minimum atomic E-state index is -0.604. The Bertz CT molecular complexity index is 689. The molecule has 0 fully saturated rings. The highest BCUT2D eigenvalue weighted by atomic mass is 127. The van der Waals surface area contributed by atoms with Gasteiger partial charge in [-0.1, -0.05) is 11.6 Å². The maximum Gasteiger partial charge on any atom is 0.365 e. The van der Waals surface area contributed by atoms with Crippen LogP contribution in [0.4, 0.5) is 0 Å². The fourth-order valence-corrected chi connectivity index (χ4v) is 4.10. The highest BCUT2D eigenvalue weighted by Gasteiger charge is 2.22. The van der Waals surface area contributed by atoms with Gasteiger partial charge >= 0.3 is 32.5 Å². The summed E-state index contributed by atoms with van der Waals surface area (Å²) < 4.78 is 4.37. The molecule has 2 rings (SSSR count). The van der Waals surface area contributed by atoms with Crippen LogP contribution in [0.2, 0.25) is 5.02 Å². The molecule has 0 atom stereocenters. The van der Waals surface area contributed by atoms with Crippen molar-refractivity contribution in [2.75, 3.05) is 0 Å². The van der Waals surface area contributed by atoms with Crippen LogP contribution in [0.1, 0.15) is 0 Å². The van der Waals surface area contributed by atoms with Gasteiger partial charge in [0.2, 0.25) is 0 Å². The van der Waals surface area contributed by atoms with Gasteiger partial charge in [0.1, 0.15) is 0 Å². The minimum Gasteiger partial charge on any atom is -0.299 e. The van der Waals surface area contributed by atoms with Crippen molar-refractivity contribution in [2.45, 2.75) is 0 Å². The average molecular weight is 378 g/mol. The van der Waals surface area contributed by atoms with Crippen molar-refractivity contribution in [1.82, 2.24) is 9.13 Å². The zero-order valence-corrected chi connectivity index (χ0v) is 12.8. The maximum atomic E-state index is 12.0. The first-order valence-electron chi connectivity index (χ1n) is 5.16. The van der Waals surface area contributed by atoms with Gasteiger partial charge in [0.05, 0.1) is 6.20 Å². The summed E-state index contributed by atoms with van der Waals surface area (Å²) in [7, 11) is 3.15. The smallest absolute Gasteiger partial charge is 0.299 e. The van der Waals surface area contributed by atoms with Crippen molar-refractivity contribution in [2.24, 2.45) is 14.1 Å². The standard InChI is InChI=1S/C12H11ClIN2O2/c1-15-7-10(11(17)16(2)12(15)18)14-9-5-3-8(13)4-6-9/h3-7H,1-2H3/q+1. The molecule has 0 N–H and O–H groups in total. The Morgan fingerprint density at radius 2 is 1.72 bits per heavy atom. The van der Waals surface area contributed by atoms with E-state index >= 15 is 0 Å². The monoisotopic (exact) mass is 377 g/mol. The number of benzene rings is 1. The molecule has 0 unspecified atom stereocenters. The largest absolute Gasteiger partial charge is 0.365 e. The van der Waals surface area contributed by atoms with Crippen LogP contribution in [0.25, 0.3) is 0 Å². The molecule has 0 saturated carbocycles. The number of aryl methyl sites for hydroxylation is 1. The number of rotatable bonds is 2. The summed E-state index contributed by atoms with van der Waals surface area (Å²) >= 11 is 5.21.